The fourth-order valence-corrected chi connectivity index (χ4v) is 3.58. The lowest BCUT2D eigenvalue weighted by atomic mass is 9.73. The van der Waals surface area contributed by atoms with Crippen LogP contribution in [0.3, 0.4) is 0 Å². The summed E-state index contributed by atoms with van der Waals surface area (Å²) < 4.78 is 0. The van der Waals surface area contributed by atoms with Crippen LogP contribution in [0, 0.1) is 5.92 Å². The highest BCUT2D eigenvalue weighted by Gasteiger charge is 2.35. The van der Waals surface area contributed by atoms with Crippen molar-refractivity contribution in [3.05, 3.63) is 60.2 Å². The van der Waals surface area contributed by atoms with E-state index < -0.39 is 5.60 Å². The molecule has 2 aromatic rings. The largest absolute Gasteiger partial charge is 0.385 e. The minimum atomic E-state index is -0.617. The molecular weight excluding hydrogens is 256 g/mol. The van der Waals surface area contributed by atoms with E-state index in [1.165, 1.54) is 24.0 Å². The first-order valence-electron chi connectivity index (χ1n) is 8.09. The van der Waals surface area contributed by atoms with Crippen molar-refractivity contribution in [2.75, 3.05) is 0 Å². The Morgan fingerprint density at radius 1 is 1.00 bits per heavy atom. The smallest absolute Gasteiger partial charge is 0.0899 e. The van der Waals surface area contributed by atoms with E-state index in [0.717, 1.165) is 24.8 Å². The molecule has 21 heavy (non-hydrogen) atoms. The molecular formula is C20H24O. The number of aliphatic hydroxyl groups is 1. The fraction of sp³-hybridized carbons (Fsp3) is 0.400. The lowest BCUT2D eigenvalue weighted by molar-refractivity contribution is -0.0217. The molecule has 0 amide bonds. The van der Waals surface area contributed by atoms with Gasteiger partial charge in [-0.2, -0.15) is 0 Å². The van der Waals surface area contributed by atoms with E-state index in [1.54, 1.807) is 0 Å². The molecule has 0 radical (unpaired) electrons. The maximum absolute atomic E-state index is 11.0. The molecule has 0 spiro atoms. The summed E-state index contributed by atoms with van der Waals surface area (Å²) in [6.07, 6.45) is 5.38. The van der Waals surface area contributed by atoms with Gasteiger partial charge in [-0.1, -0.05) is 74.4 Å². The molecule has 1 N–H and O–H groups in total. The van der Waals surface area contributed by atoms with Crippen LogP contribution in [0.5, 0.6) is 0 Å². The molecule has 0 bridgehead atoms. The zero-order valence-electron chi connectivity index (χ0n) is 12.8. The van der Waals surface area contributed by atoms with Crippen molar-refractivity contribution < 1.29 is 5.11 Å². The van der Waals surface area contributed by atoms with Crippen molar-refractivity contribution in [1.29, 1.82) is 0 Å². The Morgan fingerprint density at radius 3 is 2.33 bits per heavy atom. The van der Waals surface area contributed by atoms with Gasteiger partial charge < -0.3 is 5.11 Å². The molecule has 1 heteroatoms. The quantitative estimate of drug-likeness (QED) is 0.825. The monoisotopic (exact) mass is 280 g/mol. The highest BCUT2D eigenvalue weighted by atomic mass is 16.3. The number of rotatable bonds is 3. The highest BCUT2D eigenvalue weighted by molar-refractivity contribution is 5.63. The van der Waals surface area contributed by atoms with Gasteiger partial charge >= 0.3 is 0 Å². The van der Waals surface area contributed by atoms with Gasteiger partial charge in [-0.3, -0.25) is 0 Å². The Balaban J connectivity index is 1.83. The van der Waals surface area contributed by atoms with Crippen molar-refractivity contribution in [2.24, 2.45) is 5.92 Å². The second kappa shape index (κ2) is 6.03. The molecule has 1 saturated carbocycles. The third-order valence-corrected chi connectivity index (χ3v) is 4.94. The Hall–Kier alpha value is -1.60. The standard InChI is InChI=1S/C20H24O/c1-2-16-7-6-14-20(21,15-16)19-12-10-18(11-13-19)17-8-4-3-5-9-17/h3-5,8-13,16,21H,2,6-7,14-15H2,1H3. The molecule has 0 heterocycles. The summed E-state index contributed by atoms with van der Waals surface area (Å²) in [7, 11) is 0. The highest BCUT2D eigenvalue weighted by Crippen LogP contribution is 2.41. The molecule has 1 fully saturated rings. The normalized spacial score (nSPS) is 25.7. The zero-order valence-corrected chi connectivity index (χ0v) is 12.8. The third kappa shape index (κ3) is 3.03. The maximum atomic E-state index is 11.0. The van der Waals surface area contributed by atoms with E-state index in [9.17, 15) is 5.11 Å². The third-order valence-electron chi connectivity index (χ3n) is 4.94. The first kappa shape index (κ1) is 14.3. The number of hydrogen-bond donors (Lipinski definition) is 1. The van der Waals surface area contributed by atoms with Gasteiger partial charge in [0.15, 0.2) is 0 Å². The van der Waals surface area contributed by atoms with Crippen LogP contribution in [-0.2, 0) is 5.60 Å². The van der Waals surface area contributed by atoms with E-state index >= 15 is 0 Å². The summed E-state index contributed by atoms with van der Waals surface area (Å²) >= 11 is 0. The van der Waals surface area contributed by atoms with E-state index in [2.05, 4.69) is 55.5 Å². The van der Waals surface area contributed by atoms with E-state index in [0.29, 0.717) is 5.92 Å². The van der Waals surface area contributed by atoms with Crippen LogP contribution < -0.4 is 0 Å². The predicted octanol–water partition coefficient (Wildman–Crippen LogP) is 5.14. The van der Waals surface area contributed by atoms with Gasteiger partial charge in [-0.05, 0) is 41.9 Å². The average molecular weight is 280 g/mol. The van der Waals surface area contributed by atoms with Crippen molar-refractivity contribution >= 4 is 0 Å². The van der Waals surface area contributed by atoms with Gasteiger partial charge in [0, 0.05) is 0 Å². The van der Waals surface area contributed by atoms with Gasteiger partial charge in [0.25, 0.3) is 0 Å². The topological polar surface area (TPSA) is 20.2 Å². The van der Waals surface area contributed by atoms with Crippen molar-refractivity contribution in [2.45, 2.75) is 44.6 Å². The van der Waals surface area contributed by atoms with Crippen LogP contribution in [0.4, 0.5) is 0 Å². The SMILES string of the molecule is CCC1CCCC(O)(c2ccc(-c3ccccc3)cc2)C1. The lowest BCUT2D eigenvalue weighted by Crippen LogP contribution is -2.32. The van der Waals surface area contributed by atoms with E-state index in [-0.39, 0.29) is 0 Å². The van der Waals surface area contributed by atoms with Crippen LogP contribution in [0.1, 0.15) is 44.6 Å². The van der Waals surface area contributed by atoms with Crippen LogP contribution >= 0.6 is 0 Å². The molecule has 3 rings (SSSR count). The molecule has 2 aromatic carbocycles. The first-order chi connectivity index (χ1) is 10.2. The van der Waals surface area contributed by atoms with Gasteiger partial charge in [-0.15, -0.1) is 0 Å². The summed E-state index contributed by atoms with van der Waals surface area (Å²) in [5.74, 6) is 0.664. The summed E-state index contributed by atoms with van der Waals surface area (Å²) in [5.41, 5.74) is 2.91. The van der Waals surface area contributed by atoms with Gasteiger partial charge in [0.1, 0.15) is 0 Å². The molecule has 1 aliphatic carbocycles. The Bertz CT molecular complexity index is 573. The van der Waals surface area contributed by atoms with Crippen molar-refractivity contribution in [3.8, 4) is 11.1 Å². The summed E-state index contributed by atoms with van der Waals surface area (Å²) in [5, 5.41) is 11.0. The second-order valence-corrected chi connectivity index (χ2v) is 6.35. The minimum Gasteiger partial charge on any atom is -0.385 e. The van der Waals surface area contributed by atoms with Crippen LogP contribution in [0.25, 0.3) is 11.1 Å². The Morgan fingerprint density at radius 2 is 1.67 bits per heavy atom. The molecule has 2 unspecified atom stereocenters. The summed E-state index contributed by atoms with van der Waals surface area (Å²) in [6, 6.07) is 18.9. The predicted molar refractivity (Wildman–Crippen MR) is 88.0 cm³/mol. The maximum Gasteiger partial charge on any atom is 0.0899 e. The van der Waals surface area contributed by atoms with Crippen molar-refractivity contribution in [1.82, 2.24) is 0 Å². The zero-order chi connectivity index (χ0) is 14.7. The number of hydrogen-bond acceptors (Lipinski definition) is 1. The fourth-order valence-electron chi connectivity index (χ4n) is 3.58. The molecule has 0 aliphatic heterocycles. The molecule has 1 aliphatic rings. The van der Waals surface area contributed by atoms with Crippen LogP contribution in [-0.4, -0.2) is 5.11 Å². The van der Waals surface area contributed by atoms with E-state index in [1.807, 2.05) is 6.07 Å². The van der Waals surface area contributed by atoms with Gasteiger partial charge in [0.2, 0.25) is 0 Å². The lowest BCUT2D eigenvalue weighted by Gasteiger charge is -2.37. The summed E-state index contributed by atoms with van der Waals surface area (Å²) in [6.45, 7) is 2.23. The van der Waals surface area contributed by atoms with Crippen LogP contribution in [0.15, 0.2) is 54.6 Å². The summed E-state index contributed by atoms with van der Waals surface area (Å²) in [4.78, 5) is 0. The average Bonchev–Trinajstić information content (AvgIpc) is 2.56. The van der Waals surface area contributed by atoms with Crippen molar-refractivity contribution in [3.63, 3.8) is 0 Å². The molecule has 1 nitrogen and oxygen atoms in total. The second-order valence-electron chi connectivity index (χ2n) is 6.35. The minimum absolute atomic E-state index is 0.617. The molecule has 0 saturated heterocycles. The molecule has 0 aromatic heterocycles. The van der Waals surface area contributed by atoms with E-state index in [4.69, 9.17) is 0 Å². The first-order valence-corrected chi connectivity index (χ1v) is 8.09. The Labute approximate surface area is 127 Å². The Kier molecular flexibility index (Phi) is 4.12. The van der Waals surface area contributed by atoms with Gasteiger partial charge in [-0.25, -0.2) is 0 Å². The number of benzene rings is 2. The van der Waals surface area contributed by atoms with Crippen LogP contribution in [0.2, 0.25) is 0 Å². The molecule has 110 valence electrons. The molecule has 2 atom stereocenters. The van der Waals surface area contributed by atoms with Gasteiger partial charge in [0.05, 0.1) is 5.60 Å².